The fourth-order valence-electron chi connectivity index (χ4n) is 3.91. The topological polar surface area (TPSA) is 79.7 Å². The number of nitrogens with zero attached hydrogens (tertiary/aromatic N) is 5. The van der Waals surface area contributed by atoms with Crippen molar-refractivity contribution in [3.8, 4) is 0 Å². The third kappa shape index (κ3) is 3.00. The van der Waals surface area contributed by atoms with Crippen molar-refractivity contribution in [3.63, 3.8) is 0 Å². The van der Waals surface area contributed by atoms with E-state index in [2.05, 4.69) is 4.99 Å². The Morgan fingerprint density at radius 1 is 1.17 bits per heavy atom. The molecule has 3 heterocycles. The molecule has 3 amide bonds. The Balaban J connectivity index is 1.65. The highest BCUT2D eigenvalue weighted by atomic mass is 19.4. The molecule has 1 N–H and O–H groups in total. The van der Waals surface area contributed by atoms with E-state index in [0.717, 1.165) is 17.0 Å². The second-order valence-corrected chi connectivity index (χ2v) is 7.31. The summed E-state index contributed by atoms with van der Waals surface area (Å²) in [7, 11) is 1.55. The second kappa shape index (κ2) is 7.01. The number of aliphatic hydroxyl groups excluding tert-OH is 1. The number of likely N-dealkylation sites (N-methyl/N-ethyl adjacent to an activating group) is 1. The summed E-state index contributed by atoms with van der Waals surface area (Å²) in [5, 5.41) is 9.06. The Labute approximate surface area is 170 Å². The number of anilines is 1. The fraction of sp³-hybridized carbons (Fsp3) is 0.421. The molecule has 30 heavy (non-hydrogen) atoms. The zero-order valence-electron chi connectivity index (χ0n) is 16.3. The van der Waals surface area contributed by atoms with Crippen LogP contribution in [0.5, 0.6) is 0 Å². The number of allylic oxidation sites excluding steroid dienone is 1. The van der Waals surface area contributed by atoms with E-state index >= 15 is 0 Å². The van der Waals surface area contributed by atoms with Gasteiger partial charge in [-0.05, 0) is 37.6 Å². The van der Waals surface area contributed by atoms with Gasteiger partial charge in [0.2, 0.25) is 5.96 Å². The Morgan fingerprint density at radius 3 is 2.43 bits per heavy atom. The lowest BCUT2D eigenvalue weighted by molar-refractivity contribution is -0.138. The van der Waals surface area contributed by atoms with Gasteiger partial charge in [-0.3, -0.25) is 14.6 Å². The molecule has 2 unspecified atom stereocenters. The average Bonchev–Trinajstić information content (AvgIpc) is 3.20. The zero-order chi connectivity index (χ0) is 21.8. The quantitative estimate of drug-likeness (QED) is 0.802. The van der Waals surface area contributed by atoms with Crippen LogP contribution in [0.1, 0.15) is 18.9 Å². The molecule has 8 nitrogen and oxygen atoms in total. The van der Waals surface area contributed by atoms with Crippen molar-refractivity contribution in [2.75, 3.05) is 25.1 Å². The number of alkyl halides is 3. The summed E-state index contributed by atoms with van der Waals surface area (Å²) >= 11 is 0. The highest BCUT2D eigenvalue weighted by Gasteiger charge is 2.54. The van der Waals surface area contributed by atoms with Gasteiger partial charge in [0.25, 0.3) is 5.91 Å². The van der Waals surface area contributed by atoms with Gasteiger partial charge in [0.15, 0.2) is 12.2 Å². The van der Waals surface area contributed by atoms with E-state index in [-0.39, 0.29) is 19.6 Å². The number of urea groups is 1. The van der Waals surface area contributed by atoms with Crippen molar-refractivity contribution < 1.29 is 27.9 Å². The molecule has 0 bridgehead atoms. The molecule has 1 fully saturated rings. The van der Waals surface area contributed by atoms with E-state index < -0.39 is 35.9 Å². The molecule has 1 saturated heterocycles. The van der Waals surface area contributed by atoms with Crippen LogP contribution in [0.2, 0.25) is 0 Å². The molecule has 1 aromatic rings. The Kier molecular flexibility index (Phi) is 4.72. The molecule has 0 radical (unpaired) electrons. The molecule has 11 heteroatoms. The van der Waals surface area contributed by atoms with Gasteiger partial charge in [0, 0.05) is 37.8 Å². The number of rotatable bonds is 4. The third-order valence-corrected chi connectivity index (χ3v) is 5.38. The van der Waals surface area contributed by atoms with Crippen LogP contribution in [0, 0.1) is 0 Å². The SMILES string of the molecule is CC1=CN2C(=NC3C2C(=O)N(CCCO)C(=O)N3C)N1c1ccc(C(F)(F)F)cc1. The first kappa shape index (κ1) is 20.2. The maximum absolute atomic E-state index is 13.0. The van der Waals surface area contributed by atoms with E-state index in [4.69, 9.17) is 5.11 Å². The Hall–Kier alpha value is -3.08. The molecular formula is C19H20F3N5O3. The number of guanidine groups is 1. The highest BCUT2D eigenvalue weighted by Crippen LogP contribution is 2.37. The molecule has 0 aromatic heterocycles. The zero-order valence-corrected chi connectivity index (χ0v) is 16.3. The van der Waals surface area contributed by atoms with Gasteiger partial charge in [-0.2, -0.15) is 13.2 Å². The first-order valence-electron chi connectivity index (χ1n) is 9.36. The standard InChI is InChI=1S/C19H20F3N5O3/c1-11-10-26-14-15(24(2)18(30)25(16(14)29)8-3-9-28)23-17(26)27(11)13-6-4-12(5-7-13)19(20,21)22/h4-7,10,14-15,28H,3,8-9H2,1-2H3. The fourth-order valence-corrected chi connectivity index (χ4v) is 3.91. The lowest BCUT2D eigenvalue weighted by atomic mass is 10.1. The number of fused-ring (bicyclic) bond motifs is 3. The number of hydrogen-bond acceptors (Lipinski definition) is 6. The molecule has 1 aromatic carbocycles. The first-order valence-corrected chi connectivity index (χ1v) is 9.36. The van der Waals surface area contributed by atoms with E-state index in [1.165, 1.54) is 17.0 Å². The van der Waals surface area contributed by atoms with Crippen LogP contribution in [0.3, 0.4) is 0 Å². The summed E-state index contributed by atoms with van der Waals surface area (Å²) in [4.78, 5) is 35.9. The van der Waals surface area contributed by atoms with Crippen molar-refractivity contribution in [1.82, 2.24) is 14.7 Å². The van der Waals surface area contributed by atoms with Crippen molar-refractivity contribution in [1.29, 1.82) is 0 Å². The van der Waals surface area contributed by atoms with Crippen molar-refractivity contribution in [3.05, 3.63) is 41.7 Å². The molecule has 3 aliphatic heterocycles. The third-order valence-electron chi connectivity index (χ3n) is 5.38. The number of amides is 3. The number of benzene rings is 1. The number of aliphatic hydroxyl groups is 1. The van der Waals surface area contributed by atoms with Gasteiger partial charge in [-0.15, -0.1) is 0 Å². The van der Waals surface area contributed by atoms with Gasteiger partial charge >= 0.3 is 12.2 Å². The monoisotopic (exact) mass is 423 g/mol. The van der Waals surface area contributed by atoms with Crippen molar-refractivity contribution >= 4 is 23.6 Å². The second-order valence-electron chi connectivity index (χ2n) is 7.31. The van der Waals surface area contributed by atoms with E-state index in [0.29, 0.717) is 17.3 Å². The Bertz CT molecular complexity index is 944. The number of aliphatic imine (C=N–C) groups is 1. The van der Waals surface area contributed by atoms with Crippen LogP contribution in [0.25, 0.3) is 0 Å². The number of carbonyl (C=O) groups excluding carboxylic acids is 2. The van der Waals surface area contributed by atoms with Crippen LogP contribution >= 0.6 is 0 Å². The molecule has 0 spiro atoms. The minimum absolute atomic E-state index is 0.0935. The molecule has 2 atom stereocenters. The van der Waals surface area contributed by atoms with Gasteiger partial charge in [0.05, 0.1) is 5.56 Å². The van der Waals surface area contributed by atoms with Crippen LogP contribution in [0.4, 0.5) is 23.7 Å². The minimum atomic E-state index is -4.44. The normalized spacial score (nSPS) is 23.7. The molecule has 0 saturated carbocycles. The number of imide groups is 1. The van der Waals surface area contributed by atoms with Gasteiger partial charge < -0.3 is 14.9 Å². The lowest BCUT2D eigenvalue weighted by Gasteiger charge is -2.40. The van der Waals surface area contributed by atoms with Gasteiger partial charge in [-0.1, -0.05) is 0 Å². The maximum atomic E-state index is 13.0. The lowest BCUT2D eigenvalue weighted by Crippen LogP contribution is -2.64. The Morgan fingerprint density at radius 2 is 1.83 bits per heavy atom. The number of hydrogen-bond donors (Lipinski definition) is 1. The maximum Gasteiger partial charge on any atom is 0.416 e. The molecular weight excluding hydrogens is 403 g/mol. The van der Waals surface area contributed by atoms with Crippen molar-refractivity contribution in [2.45, 2.75) is 31.7 Å². The van der Waals surface area contributed by atoms with E-state index in [1.54, 1.807) is 30.0 Å². The predicted molar refractivity (Wildman–Crippen MR) is 101 cm³/mol. The van der Waals surface area contributed by atoms with Crippen molar-refractivity contribution in [2.24, 2.45) is 4.99 Å². The van der Waals surface area contributed by atoms with Crippen LogP contribution in [-0.2, 0) is 11.0 Å². The molecule has 0 aliphatic carbocycles. The average molecular weight is 423 g/mol. The molecule has 3 aliphatic rings. The predicted octanol–water partition coefficient (Wildman–Crippen LogP) is 2.03. The summed E-state index contributed by atoms with van der Waals surface area (Å²) in [6.07, 6.45) is -3.21. The summed E-state index contributed by atoms with van der Waals surface area (Å²) in [5.41, 5.74) is 0.391. The smallest absolute Gasteiger partial charge is 0.396 e. The highest BCUT2D eigenvalue weighted by molar-refractivity contribution is 6.09. The molecule has 4 rings (SSSR count). The summed E-state index contributed by atoms with van der Waals surface area (Å²) < 4.78 is 38.7. The van der Waals surface area contributed by atoms with E-state index in [1.807, 2.05) is 0 Å². The van der Waals surface area contributed by atoms with Crippen LogP contribution in [0.15, 0.2) is 41.2 Å². The number of halogens is 3. The number of carbonyl (C=O) groups is 2. The van der Waals surface area contributed by atoms with Gasteiger partial charge in [0.1, 0.15) is 0 Å². The minimum Gasteiger partial charge on any atom is -0.396 e. The summed E-state index contributed by atoms with van der Waals surface area (Å²) in [5.74, 6) is -0.0483. The first-order chi connectivity index (χ1) is 14.1. The summed E-state index contributed by atoms with van der Waals surface area (Å²) in [6.45, 7) is 1.70. The van der Waals surface area contributed by atoms with Gasteiger partial charge in [-0.25, -0.2) is 9.79 Å². The van der Waals surface area contributed by atoms with E-state index in [9.17, 15) is 22.8 Å². The summed E-state index contributed by atoms with van der Waals surface area (Å²) in [6, 6.07) is 3.41. The van der Waals surface area contributed by atoms with Crippen LogP contribution < -0.4 is 4.90 Å². The largest absolute Gasteiger partial charge is 0.416 e. The van der Waals surface area contributed by atoms with Crippen LogP contribution in [-0.4, -0.2) is 70.1 Å². The molecule has 160 valence electrons.